The number of aromatic nitrogens is 2. The highest BCUT2D eigenvalue weighted by atomic mass is 79.9. The summed E-state index contributed by atoms with van der Waals surface area (Å²) in [5, 5.41) is 4.16. The van der Waals surface area contributed by atoms with E-state index in [2.05, 4.69) is 26.2 Å². The van der Waals surface area contributed by atoms with E-state index in [1.165, 1.54) is 23.5 Å². The zero-order valence-corrected chi connectivity index (χ0v) is 15.4. The smallest absolute Gasteiger partial charge is 0.354 e. The Hall–Kier alpha value is -1.92. The lowest BCUT2D eigenvalue weighted by molar-refractivity contribution is 0.622. The van der Waals surface area contributed by atoms with Gasteiger partial charge in [-0.2, -0.15) is 4.98 Å². The summed E-state index contributed by atoms with van der Waals surface area (Å²) in [5.41, 5.74) is 0.594. The van der Waals surface area contributed by atoms with E-state index in [1.54, 1.807) is 30.3 Å². The summed E-state index contributed by atoms with van der Waals surface area (Å²) in [6, 6.07) is 9.98. The Morgan fingerprint density at radius 1 is 1.32 bits per heavy atom. The minimum Gasteiger partial charge on any atom is -0.369 e. The fourth-order valence-electron chi connectivity index (χ4n) is 2.78. The van der Waals surface area contributed by atoms with Crippen molar-refractivity contribution in [1.29, 1.82) is 0 Å². The molecule has 1 aliphatic carbocycles. The molecule has 1 fully saturated rings. The predicted octanol–water partition coefficient (Wildman–Crippen LogP) is 4.76. The number of nitrogens with zero attached hydrogens (tertiary/aromatic N) is 2. The van der Waals surface area contributed by atoms with Gasteiger partial charge in [0.2, 0.25) is 0 Å². The number of halogens is 3. The fourth-order valence-corrected chi connectivity index (χ4v) is 3.34. The number of para-hydroxylation sites is 1. The van der Waals surface area contributed by atoms with Crippen LogP contribution in [0.25, 0.3) is 16.6 Å². The van der Waals surface area contributed by atoms with Gasteiger partial charge in [0.25, 0.3) is 0 Å². The summed E-state index contributed by atoms with van der Waals surface area (Å²) < 4.78 is 15.8. The lowest BCUT2D eigenvalue weighted by atomic mass is 10.2. The van der Waals surface area contributed by atoms with Gasteiger partial charge in [0.05, 0.1) is 20.7 Å². The van der Waals surface area contributed by atoms with Gasteiger partial charge in [0.1, 0.15) is 11.6 Å². The number of hydrogen-bond donors (Lipinski definition) is 1. The molecule has 0 unspecified atom stereocenters. The highest BCUT2D eigenvalue weighted by Crippen LogP contribution is 2.32. The van der Waals surface area contributed by atoms with Crippen LogP contribution in [0.1, 0.15) is 12.8 Å². The molecule has 0 saturated heterocycles. The molecule has 4 rings (SSSR count). The summed E-state index contributed by atoms with van der Waals surface area (Å²) in [6.07, 6.45) is 2.34. The maximum absolute atomic E-state index is 14.1. The summed E-state index contributed by atoms with van der Waals surface area (Å²) >= 11 is 9.46. The Morgan fingerprint density at radius 3 is 2.80 bits per heavy atom. The first-order valence-corrected chi connectivity index (χ1v) is 9.12. The van der Waals surface area contributed by atoms with Crippen molar-refractivity contribution in [2.75, 3.05) is 11.9 Å². The van der Waals surface area contributed by atoms with Crippen LogP contribution in [0.5, 0.6) is 0 Å². The Balaban J connectivity index is 1.98. The third-order valence-electron chi connectivity index (χ3n) is 4.28. The highest BCUT2D eigenvalue weighted by molar-refractivity contribution is 9.10. The lowest BCUT2D eigenvalue weighted by Gasteiger charge is -2.15. The average molecular weight is 423 g/mol. The van der Waals surface area contributed by atoms with Crippen LogP contribution in [-0.2, 0) is 0 Å². The van der Waals surface area contributed by atoms with Crippen LogP contribution in [0.4, 0.5) is 10.2 Å². The topological polar surface area (TPSA) is 46.9 Å². The minimum atomic E-state index is -0.461. The van der Waals surface area contributed by atoms with Crippen molar-refractivity contribution < 1.29 is 4.39 Å². The Labute approximate surface area is 156 Å². The van der Waals surface area contributed by atoms with Gasteiger partial charge in [0, 0.05) is 11.9 Å². The molecule has 0 bridgehead atoms. The van der Waals surface area contributed by atoms with Gasteiger partial charge in [-0.3, -0.25) is 4.57 Å². The van der Waals surface area contributed by atoms with Gasteiger partial charge in [-0.25, -0.2) is 9.18 Å². The molecule has 3 aromatic rings. The van der Waals surface area contributed by atoms with Crippen molar-refractivity contribution in [1.82, 2.24) is 9.55 Å². The summed E-state index contributed by atoms with van der Waals surface area (Å²) in [7, 11) is 0. The second-order valence-electron chi connectivity index (χ2n) is 6.14. The average Bonchev–Trinajstić information content (AvgIpc) is 3.40. The van der Waals surface area contributed by atoms with Crippen LogP contribution in [-0.4, -0.2) is 16.1 Å². The summed E-state index contributed by atoms with van der Waals surface area (Å²) in [4.78, 5) is 16.9. The van der Waals surface area contributed by atoms with Crippen LogP contribution < -0.4 is 11.0 Å². The van der Waals surface area contributed by atoms with E-state index < -0.39 is 11.5 Å². The molecule has 1 heterocycles. The fraction of sp³-hybridized carbons (Fsp3) is 0.222. The maximum Gasteiger partial charge on any atom is 0.354 e. The normalized spacial score (nSPS) is 14.0. The van der Waals surface area contributed by atoms with E-state index in [0.29, 0.717) is 33.3 Å². The maximum atomic E-state index is 14.1. The van der Waals surface area contributed by atoms with Gasteiger partial charge in [0.15, 0.2) is 0 Å². The van der Waals surface area contributed by atoms with Crippen molar-refractivity contribution in [3.8, 4) is 5.69 Å². The van der Waals surface area contributed by atoms with Crippen LogP contribution in [0.15, 0.2) is 45.7 Å². The van der Waals surface area contributed by atoms with E-state index in [-0.39, 0.29) is 4.47 Å². The molecule has 1 aliphatic rings. The number of hydrogen-bond acceptors (Lipinski definition) is 3. The van der Waals surface area contributed by atoms with Gasteiger partial charge < -0.3 is 5.32 Å². The Kier molecular flexibility index (Phi) is 4.25. The van der Waals surface area contributed by atoms with Crippen molar-refractivity contribution in [2.45, 2.75) is 12.8 Å². The van der Waals surface area contributed by atoms with Crippen LogP contribution >= 0.6 is 27.5 Å². The highest BCUT2D eigenvalue weighted by Gasteiger charge is 2.22. The molecule has 0 spiro atoms. The molecule has 7 heteroatoms. The molecule has 25 heavy (non-hydrogen) atoms. The summed E-state index contributed by atoms with van der Waals surface area (Å²) in [5.74, 6) is 0.595. The molecule has 2 aromatic carbocycles. The van der Waals surface area contributed by atoms with Gasteiger partial charge >= 0.3 is 5.69 Å². The van der Waals surface area contributed by atoms with Crippen LogP contribution in [0.2, 0.25) is 5.02 Å². The molecule has 1 saturated carbocycles. The van der Waals surface area contributed by atoms with E-state index in [9.17, 15) is 9.18 Å². The first kappa shape index (κ1) is 16.5. The monoisotopic (exact) mass is 421 g/mol. The van der Waals surface area contributed by atoms with Gasteiger partial charge in [-0.15, -0.1) is 0 Å². The molecule has 0 amide bonds. The van der Waals surface area contributed by atoms with Crippen molar-refractivity contribution in [2.24, 2.45) is 5.92 Å². The zero-order chi connectivity index (χ0) is 17.6. The predicted molar refractivity (Wildman–Crippen MR) is 101 cm³/mol. The molecular weight excluding hydrogens is 409 g/mol. The van der Waals surface area contributed by atoms with Crippen molar-refractivity contribution in [3.63, 3.8) is 0 Å². The molecule has 1 N–H and O–H groups in total. The molecular formula is C18H14BrClFN3O. The van der Waals surface area contributed by atoms with E-state index >= 15 is 0 Å². The van der Waals surface area contributed by atoms with Crippen molar-refractivity contribution in [3.05, 3.63) is 62.2 Å². The largest absolute Gasteiger partial charge is 0.369 e. The van der Waals surface area contributed by atoms with Crippen LogP contribution in [0, 0.1) is 11.7 Å². The molecule has 4 nitrogen and oxygen atoms in total. The van der Waals surface area contributed by atoms with E-state index in [4.69, 9.17) is 11.6 Å². The molecule has 1 aromatic heterocycles. The third kappa shape index (κ3) is 3.16. The Morgan fingerprint density at radius 2 is 2.08 bits per heavy atom. The Bertz CT molecular complexity index is 1030. The van der Waals surface area contributed by atoms with Gasteiger partial charge in [-0.1, -0.05) is 23.7 Å². The first-order chi connectivity index (χ1) is 12.0. The minimum absolute atomic E-state index is 0.277. The SMILES string of the molecule is O=c1nc(NCC2CC2)c2cc(F)c(Br)cc2n1-c1ccccc1Cl. The number of fused-ring (bicyclic) bond motifs is 1. The molecule has 0 aliphatic heterocycles. The van der Waals surface area contributed by atoms with E-state index in [1.807, 2.05) is 0 Å². The second-order valence-corrected chi connectivity index (χ2v) is 7.40. The second kappa shape index (κ2) is 6.42. The number of benzene rings is 2. The van der Waals surface area contributed by atoms with E-state index in [0.717, 1.165) is 6.54 Å². The summed E-state index contributed by atoms with van der Waals surface area (Å²) in [6.45, 7) is 0.731. The lowest BCUT2D eigenvalue weighted by Crippen LogP contribution is -2.24. The van der Waals surface area contributed by atoms with Crippen molar-refractivity contribution >= 4 is 44.3 Å². The number of rotatable bonds is 4. The zero-order valence-electron chi connectivity index (χ0n) is 13.1. The number of nitrogens with one attached hydrogen (secondary N) is 1. The van der Waals surface area contributed by atoms with Gasteiger partial charge in [-0.05, 0) is 59.0 Å². The number of anilines is 1. The standard InChI is InChI=1S/C18H14BrClFN3O/c19-12-8-16-11(7-14(12)21)17(22-9-10-5-6-10)23-18(25)24(16)15-4-2-1-3-13(15)20/h1-4,7-8,10H,5-6,9H2,(H,22,23,25). The quantitative estimate of drug-likeness (QED) is 0.659. The molecule has 0 radical (unpaired) electrons. The van der Waals surface area contributed by atoms with Crippen LogP contribution in [0.3, 0.4) is 0 Å². The first-order valence-electron chi connectivity index (χ1n) is 7.95. The third-order valence-corrected chi connectivity index (χ3v) is 5.21. The molecule has 128 valence electrons. The molecule has 0 atom stereocenters.